The van der Waals surface area contributed by atoms with Gasteiger partial charge in [-0.2, -0.15) is 0 Å². The summed E-state index contributed by atoms with van der Waals surface area (Å²) in [5.74, 6) is -0.720. The molecule has 1 fully saturated rings. The van der Waals surface area contributed by atoms with Crippen LogP contribution in [0.15, 0.2) is 65.6 Å². The first-order valence-corrected chi connectivity index (χ1v) is 11.4. The van der Waals surface area contributed by atoms with Gasteiger partial charge >= 0.3 is 5.69 Å². The molecule has 2 amide bonds. The van der Waals surface area contributed by atoms with Crippen LogP contribution in [0.3, 0.4) is 0 Å². The molecular weight excluding hydrogens is 494 g/mol. The first kappa shape index (κ1) is 25.5. The summed E-state index contributed by atoms with van der Waals surface area (Å²) >= 11 is 6.46. The fourth-order valence-electron chi connectivity index (χ4n) is 3.01. The van der Waals surface area contributed by atoms with Crippen molar-refractivity contribution in [3.63, 3.8) is 0 Å². The molecule has 1 aliphatic rings. The summed E-state index contributed by atoms with van der Waals surface area (Å²) in [4.78, 5) is 47.1. The van der Waals surface area contributed by atoms with Crippen molar-refractivity contribution in [3.8, 4) is 0 Å². The van der Waals surface area contributed by atoms with Gasteiger partial charge in [-0.25, -0.2) is 0 Å². The standard InChI is InChI=1S/C22H19N5O6S2/c28-20(24-23-17-12-11-16(26(30)31)14-18(17)27(32)33)10-5-13-25-21(29)19(35-22(25)34)9-4-8-15-6-2-1-3-7-15/h1-4,6-9,11-12,14,23H,5,10,13H2,(H,24,28). The third-order valence-electron chi connectivity index (χ3n) is 4.72. The minimum absolute atomic E-state index is 0.0117. The zero-order chi connectivity index (χ0) is 25.4. The Morgan fingerprint density at radius 2 is 1.86 bits per heavy atom. The highest BCUT2D eigenvalue weighted by molar-refractivity contribution is 8.26. The predicted octanol–water partition coefficient (Wildman–Crippen LogP) is 4.18. The number of allylic oxidation sites excluding steroid dienone is 2. The van der Waals surface area contributed by atoms with Crippen molar-refractivity contribution in [1.82, 2.24) is 10.3 Å². The maximum Gasteiger partial charge on any atom is 0.300 e. The summed E-state index contributed by atoms with van der Waals surface area (Å²) in [6, 6.07) is 12.6. The van der Waals surface area contributed by atoms with Gasteiger partial charge in [0.1, 0.15) is 10.0 Å². The Morgan fingerprint density at radius 1 is 1.11 bits per heavy atom. The number of amides is 2. The molecule has 0 aromatic heterocycles. The van der Waals surface area contributed by atoms with Crippen LogP contribution in [-0.4, -0.2) is 37.4 Å². The van der Waals surface area contributed by atoms with E-state index in [-0.39, 0.29) is 24.6 Å². The lowest BCUT2D eigenvalue weighted by molar-refractivity contribution is -0.393. The fourth-order valence-corrected chi connectivity index (χ4v) is 4.27. The number of carbonyl (C=O) groups excluding carboxylic acids is 2. The first-order valence-electron chi connectivity index (χ1n) is 10.2. The number of anilines is 1. The third kappa shape index (κ3) is 6.94. The van der Waals surface area contributed by atoms with E-state index >= 15 is 0 Å². The van der Waals surface area contributed by atoms with Crippen LogP contribution in [0.4, 0.5) is 17.1 Å². The second-order valence-electron chi connectivity index (χ2n) is 7.12. The number of nitro groups is 2. The number of thioether (sulfide) groups is 1. The van der Waals surface area contributed by atoms with Crippen LogP contribution < -0.4 is 10.9 Å². The molecule has 1 saturated heterocycles. The normalized spacial score (nSPS) is 14.5. The number of carbonyl (C=O) groups is 2. The van der Waals surface area contributed by atoms with E-state index < -0.39 is 27.1 Å². The summed E-state index contributed by atoms with van der Waals surface area (Å²) in [5.41, 5.74) is 4.63. The Balaban J connectivity index is 1.49. The molecule has 2 N–H and O–H groups in total. The number of hydrogen-bond acceptors (Lipinski definition) is 9. The number of nitrogens with zero attached hydrogens (tertiary/aromatic N) is 3. The molecule has 0 saturated carbocycles. The number of hydrazine groups is 1. The van der Waals surface area contributed by atoms with Crippen LogP contribution in [0.5, 0.6) is 0 Å². The Kier molecular flexibility index (Phi) is 8.64. The predicted molar refractivity (Wildman–Crippen MR) is 136 cm³/mol. The van der Waals surface area contributed by atoms with Gasteiger partial charge in [0, 0.05) is 19.0 Å². The Bertz CT molecular complexity index is 1230. The molecule has 35 heavy (non-hydrogen) atoms. The van der Waals surface area contributed by atoms with Crippen LogP contribution >= 0.6 is 24.0 Å². The van der Waals surface area contributed by atoms with Crippen molar-refractivity contribution in [1.29, 1.82) is 0 Å². The third-order valence-corrected chi connectivity index (χ3v) is 6.12. The molecule has 0 atom stereocenters. The number of thiocarbonyl (C=S) groups is 1. The van der Waals surface area contributed by atoms with Gasteiger partial charge in [0.2, 0.25) is 5.91 Å². The summed E-state index contributed by atoms with van der Waals surface area (Å²) in [6.45, 7) is 0.232. The highest BCUT2D eigenvalue weighted by Crippen LogP contribution is 2.31. The average molecular weight is 514 g/mol. The molecule has 0 bridgehead atoms. The van der Waals surface area contributed by atoms with Gasteiger partial charge in [-0.1, -0.05) is 66.5 Å². The quantitative estimate of drug-likeness (QED) is 0.206. The summed E-state index contributed by atoms with van der Waals surface area (Å²) < 4.78 is 0.398. The minimum atomic E-state index is -0.792. The lowest BCUT2D eigenvalue weighted by Gasteiger charge is -2.14. The largest absolute Gasteiger partial charge is 0.300 e. The van der Waals surface area contributed by atoms with Gasteiger partial charge in [0.25, 0.3) is 11.6 Å². The first-order chi connectivity index (χ1) is 16.8. The lowest BCUT2D eigenvalue weighted by Crippen LogP contribution is -2.32. The highest BCUT2D eigenvalue weighted by atomic mass is 32.2. The van der Waals surface area contributed by atoms with E-state index in [2.05, 4.69) is 10.9 Å². The van der Waals surface area contributed by atoms with Gasteiger partial charge in [-0.05, 0) is 24.1 Å². The van der Waals surface area contributed by atoms with Gasteiger partial charge in [0.05, 0.1) is 20.8 Å². The molecule has 0 radical (unpaired) electrons. The van der Waals surface area contributed by atoms with E-state index in [4.69, 9.17) is 12.2 Å². The molecule has 1 aliphatic heterocycles. The maximum absolute atomic E-state index is 12.6. The minimum Gasteiger partial charge on any atom is -0.293 e. The summed E-state index contributed by atoms with van der Waals surface area (Å²) in [7, 11) is 0. The second kappa shape index (κ2) is 11.9. The Hall–Kier alpha value is -4.10. The number of non-ortho nitro benzene ring substituents is 1. The molecule has 180 valence electrons. The molecule has 0 aliphatic carbocycles. The summed E-state index contributed by atoms with van der Waals surface area (Å²) in [6.07, 6.45) is 5.66. The van der Waals surface area contributed by atoms with E-state index in [1.165, 1.54) is 16.7 Å². The van der Waals surface area contributed by atoms with Gasteiger partial charge < -0.3 is 0 Å². The number of benzene rings is 2. The van der Waals surface area contributed by atoms with Crippen molar-refractivity contribution in [2.45, 2.75) is 12.8 Å². The van der Waals surface area contributed by atoms with E-state index in [1.807, 2.05) is 36.4 Å². The Labute approximate surface area is 209 Å². The second-order valence-corrected chi connectivity index (χ2v) is 8.79. The van der Waals surface area contributed by atoms with E-state index in [1.54, 1.807) is 12.2 Å². The van der Waals surface area contributed by atoms with E-state index in [0.29, 0.717) is 15.6 Å². The van der Waals surface area contributed by atoms with E-state index in [9.17, 15) is 29.8 Å². The highest BCUT2D eigenvalue weighted by Gasteiger charge is 2.31. The molecule has 2 aromatic carbocycles. The van der Waals surface area contributed by atoms with Gasteiger partial charge in [-0.15, -0.1) is 0 Å². The van der Waals surface area contributed by atoms with Crippen LogP contribution in [0, 0.1) is 20.2 Å². The summed E-state index contributed by atoms with van der Waals surface area (Å²) in [5, 5.41) is 22.0. The van der Waals surface area contributed by atoms with E-state index in [0.717, 1.165) is 23.8 Å². The number of nitro benzene ring substituents is 2. The van der Waals surface area contributed by atoms with Crippen molar-refractivity contribution < 1.29 is 19.4 Å². The van der Waals surface area contributed by atoms with Crippen molar-refractivity contribution in [3.05, 3.63) is 91.4 Å². The van der Waals surface area contributed by atoms with Crippen LogP contribution in [-0.2, 0) is 9.59 Å². The van der Waals surface area contributed by atoms with Crippen LogP contribution in [0.25, 0.3) is 6.08 Å². The zero-order valence-corrected chi connectivity index (χ0v) is 19.7. The molecule has 13 heteroatoms. The average Bonchev–Trinajstić information content (AvgIpc) is 3.10. The topological polar surface area (TPSA) is 148 Å². The maximum atomic E-state index is 12.6. The zero-order valence-electron chi connectivity index (χ0n) is 18.1. The van der Waals surface area contributed by atoms with Crippen molar-refractivity contribution >= 4 is 63.3 Å². The fraction of sp³-hybridized carbons (Fsp3) is 0.136. The van der Waals surface area contributed by atoms with Crippen LogP contribution in [0.2, 0.25) is 0 Å². The molecule has 3 rings (SSSR count). The molecular formula is C22H19N5O6S2. The van der Waals surface area contributed by atoms with Gasteiger partial charge in [0.15, 0.2) is 0 Å². The lowest BCUT2D eigenvalue weighted by atomic mass is 10.2. The number of hydrogen-bond donors (Lipinski definition) is 2. The molecule has 1 heterocycles. The molecule has 0 unspecified atom stereocenters. The smallest absolute Gasteiger partial charge is 0.293 e. The number of rotatable bonds is 10. The molecule has 11 nitrogen and oxygen atoms in total. The monoisotopic (exact) mass is 513 g/mol. The van der Waals surface area contributed by atoms with Crippen molar-refractivity contribution in [2.24, 2.45) is 0 Å². The van der Waals surface area contributed by atoms with Gasteiger partial charge in [-0.3, -0.25) is 45.6 Å². The Morgan fingerprint density at radius 3 is 2.54 bits per heavy atom. The molecule has 0 spiro atoms. The SMILES string of the molecule is O=C(CCCN1C(=O)C(=CC=Cc2ccccc2)SC1=S)NNc1ccc([N+](=O)[O-])cc1[N+](=O)[O-]. The van der Waals surface area contributed by atoms with Crippen molar-refractivity contribution in [2.75, 3.05) is 12.0 Å². The molecule has 2 aromatic rings. The number of nitrogens with one attached hydrogen (secondary N) is 2. The van der Waals surface area contributed by atoms with Crippen LogP contribution in [0.1, 0.15) is 18.4 Å².